The largest absolute Gasteiger partial charge is 0.503 e. The Hall–Kier alpha value is -2.28. The van der Waals surface area contributed by atoms with Crippen LogP contribution in [-0.4, -0.2) is 24.3 Å². The van der Waals surface area contributed by atoms with Gasteiger partial charge in [-0.25, -0.2) is 0 Å². The molecular formula is C12H10O4. The molecule has 0 atom stereocenters. The minimum absolute atomic E-state index is 0.165. The van der Waals surface area contributed by atoms with Crippen LogP contribution in [0.1, 0.15) is 22.8 Å². The minimum Gasteiger partial charge on any atom is -0.503 e. The van der Waals surface area contributed by atoms with Crippen LogP contribution in [0, 0.1) is 11.8 Å². The van der Waals surface area contributed by atoms with Crippen molar-refractivity contribution in [3.63, 3.8) is 0 Å². The second kappa shape index (κ2) is 5.56. The van der Waals surface area contributed by atoms with Gasteiger partial charge < -0.3 is 9.84 Å². The molecule has 1 aromatic rings. The highest BCUT2D eigenvalue weighted by Gasteiger charge is 2.09. The third kappa shape index (κ3) is 2.61. The number of rotatable bonds is 3. The predicted octanol–water partition coefficient (Wildman–Crippen LogP) is 1.15. The van der Waals surface area contributed by atoms with Gasteiger partial charge in [0.1, 0.15) is 6.29 Å². The molecular weight excluding hydrogens is 208 g/mol. The van der Waals surface area contributed by atoms with Crippen molar-refractivity contribution in [2.24, 2.45) is 0 Å². The Labute approximate surface area is 92.9 Å². The average molecular weight is 218 g/mol. The summed E-state index contributed by atoms with van der Waals surface area (Å²) >= 11 is 0. The van der Waals surface area contributed by atoms with Crippen LogP contribution in [0.5, 0.6) is 11.5 Å². The maximum Gasteiger partial charge on any atom is 0.193 e. The molecule has 0 bridgehead atoms. The third-order valence-electron chi connectivity index (χ3n) is 1.80. The molecule has 0 radical (unpaired) electrons. The van der Waals surface area contributed by atoms with Gasteiger partial charge in [0, 0.05) is 5.56 Å². The molecule has 0 spiro atoms. The summed E-state index contributed by atoms with van der Waals surface area (Å²) in [6.07, 6.45) is 1.03. The molecule has 0 amide bonds. The van der Waals surface area contributed by atoms with E-state index in [9.17, 15) is 14.7 Å². The summed E-state index contributed by atoms with van der Waals surface area (Å²) in [5.74, 6) is 4.61. The SMILES string of the molecule is CCOc1cc(C=O)cc(C#CC=O)c1O. The van der Waals surface area contributed by atoms with E-state index in [-0.39, 0.29) is 17.1 Å². The van der Waals surface area contributed by atoms with Crippen molar-refractivity contribution in [1.29, 1.82) is 0 Å². The zero-order chi connectivity index (χ0) is 12.0. The Balaban J connectivity index is 3.30. The van der Waals surface area contributed by atoms with Gasteiger partial charge >= 0.3 is 0 Å². The molecule has 1 aromatic carbocycles. The lowest BCUT2D eigenvalue weighted by molar-refractivity contribution is -0.103. The molecule has 16 heavy (non-hydrogen) atoms. The maximum atomic E-state index is 10.6. The maximum absolute atomic E-state index is 10.6. The van der Waals surface area contributed by atoms with Gasteiger partial charge in [0.15, 0.2) is 17.8 Å². The van der Waals surface area contributed by atoms with Gasteiger partial charge in [-0.05, 0) is 25.0 Å². The zero-order valence-electron chi connectivity index (χ0n) is 8.69. The number of carbonyl (C=O) groups is 2. The number of aldehydes is 2. The van der Waals surface area contributed by atoms with Crippen molar-refractivity contribution in [2.45, 2.75) is 6.92 Å². The molecule has 4 nitrogen and oxygen atoms in total. The Morgan fingerprint density at radius 1 is 1.44 bits per heavy atom. The molecule has 1 N–H and O–H groups in total. The van der Waals surface area contributed by atoms with E-state index in [0.29, 0.717) is 24.7 Å². The Morgan fingerprint density at radius 3 is 2.75 bits per heavy atom. The standard InChI is InChI=1S/C12H10O4/c1-2-16-11-7-9(8-14)6-10(12(11)15)4-3-5-13/h5-8,15H,2H2,1H3. The number of carbonyl (C=O) groups excluding carboxylic acids is 2. The van der Waals surface area contributed by atoms with E-state index < -0.39 is 0 Å². The quantitative estimate of drug-likeness (QED) is 0.610. The molecule has 0 unspecified atom stereocenters. The van der Waals surface area contributed by atoms with Crippen molar-refractivity contribution in [1.82, 2.24) is 0 Å². The van der Waals surface area contributed by atoms with Gasteiger partial charge in [-0.3, -0.25) is 9.59 Å². The van der Waals surface area contributed by atoms with Gasteiger partial charge in [0.2, 0.25) is 0 Å². The molecule has 1 rings (SSSR count). The predicted molar refractivity (Wildman–Crippen MR) is 57.6 cm³/mol. The van der Waals surface area contributed by atoms with Crippen LogP contribution >= 0.6 is 0 Å². The third-order valence-corrected chi connectivity index (χ3v) is 1.80. The normalized spacial score (nSPS) is 8.81. The lowest BCUT2D eigenvalue weighted by atomic mass is 10.1. The van der Waals surface area contributed by atoms with Crippen LogP contribution in [0.4, 0.5) is 0 Å². The highest BCUT2D eigenvalue weighted by Crippen LogP contribution is 2.30. The molecule has 0 aliphatic carbocycles. The first-order chi connectivity index (χ1) is 7.72. The Kier molecular flexibility index (Phi) is 4.10. The second-order valence-electron chi connectivity index (χ2n) is 2.85. The number of phenolic OH excluding ortho intramolecular Hbond substituents is 1. The van der Waals surface area contributed by atoms with Crippen LogP contribution in [0.25, 0.3) is 0 Å². The van der Waals surface area contributed by atoms with Crippen molar-refractivity contribution in [3.8, 4) is 23.3 Å². The van der Waals surface area contributed by atoms with E-state index in [1.807, 2.05) is 0 Å². The van der Waals surface area contributed by atoms with Crippen LogP contribution in [0.3, 0.4) is 0 Å². The number of aromatic hydroxyl groups is 1. The molecule has 4 heteroatoms. The summed E-state index contributed by atoms with van der Waals surface area (Å²) in [5.41, 5.74) is 0.525. The summed E-state index contributed by atoms with van der Waals surface area (Å²) in [4.78, 5) is 20.7. The van der Waals surface area contributed by atoms with E-state index in [2.05, 4.69) is 11.8 Å². The summed E-state index contributed by atoms with van der Waals surface area (Å²) in [5, 5.41) is 9.71. The van der Waals surface area contributed by atoms with E-state index in [0.717, 1.165) is 0 Å². The molecule has 0 saturated carbocycles. The molecule has 0 aliphatic heterocycles. The highest BCUT2D eigenvalue weighted by atomic mass is 16.5. The fraction of sp³-hybridized carbons (Fsp3) is 0.167. The van der Waals surface area contributed by atoms with Crippen molar-refractivity contribution >= 4 is 12.6 Å². The van der Waals surface area contributed by atoms with E-state index >= 15 is 0 Å². The topological polar surface area (TPSA) is 63.6 Å². The number of hydrogen-bond donors (Lipinski definition) is 1. The number of hydrogen-bond acceptors (Lipinski definition) is 4. The van der Waals surface area contributed by atoms with Crippen molar-refractivity contribution in [3.05, 3.63) is 23.3 Å². The Morgan fingerprint density at radius 2 is 2.19 bits per heavy atom. The van der Waals surface area contributed by atoms with E-state index in [1.165, 1.54) is 12.1 Å². The molecule has 0 fully saturated rings. The first-order valence-electron chi connectivity index (χ1n) is 4.63. The summed E-state index contributed by atoms with van der Waals surface area (Å²) in [7, 11) is 0. The first kappa shape index (κ1) is 11.8. The minimum atomic E-state index is -0.165. The number of phenols is 1. The highest BCUT2D eigenvalue weighted by molar-refractivity contribution is 5.80. The van der Waals surface area contributed by atoms with Crippen LogP contribution in [0.2, 0.25) is 0 Å². The van der Waals surface area contributed by atoms with Crippen molar-refractivity contribution < 1.29 is 19.4 Å². The molecule has 0 heterocycles. The summed E-state index contributed by atoms with van der Waals surface area (Å²) in [6.45, 7) is 2.11. The van der Waals surface area contributed by atoms with E-state index in [1.54, 1.807) is 6.92 Å². The molecule has 82 valence electrons. The molecule has 0 saturated heterocycles. The monoisotopic (exact) mass is 218 g/mol. The second-order valence-corrected chi connectivity index (χ2v) is 2.85. The van der Waals surface area contributed by atoms with Crippen LogP contribution in [0.15, 0.2) is 12.1 Å². The lowest BCUT2D eigenvalue weighted by Crippen LogP contribution is -1.95. The first-order valence-corrected chi connectivity index (χ1v) is 4.63. The van der Waals surface area contributed by atoms with Gasteiger partial charge in [0.05, 0.1) is 12.2 Å². The summed E-state index contributed by atoms with van der Waals surface area (Å²) in [6, 6.07) is 2.80. The smallest absolute Gasteiger partial charge is 0.193 e. The summed E-state index contributed by atoms with van der Waals surface area (Å²) < 4.78 is 5.13. The number of benzene rings is 1. The van der Waals surface area contributed by atoms with E-state index in [4.69, 9.17) is 4.74 Å². The Bertz CT molecular complexity index is 466. The van der Waals surface area contributed by atoms with Crippen LogP contribution < -0.4 is 4.74 Å². The van der Waals surface area contributed by atoms with Gasteiger partial charge in [-0.15, -0.1) is 0 Å². The number of ether oxygens (including phenoxy) is 1. The molecule has 0 aliphatic rings. The van der Waals surface area contributed by atoms with Gasteiger partial charge in [0.25, 0.3) is 0 Å². The van der Waals surface area contributed by atoms with Crippen molar-refractivity contribution in [2.75, 3.05) is 6.61 Å². The molecule has 0 aromatic heterocycles. The fourth-order valence-electron chi connectivity index (χ4n) is 1.17. The average Bonchev–Trinajstić information content (AvgIpc) is 2.30. The fourth-order valence-corrected chi connectivity index (χ4v) is 1.17. The van der Waals surface area contributed by atoms with Gasteiger partial charge in [-0.2, -0.15) is 0 Å². The lowest BCUT2D eigenvalue weighted by Gasteiger charge is -2.07. The van der Waals surface area contributed by atoms with Gasteiger partial charge in [-0.1, -0.05) is 5.92 Å². The zero-order valence-corrected chi connectivity index (χ0v) is 8.69. The van der Waals surface area contributed by atoms with Crippen LogP contribution in [-0.2, 0) is 4.79 Å².